The summed E-state index contributed by atoms with van der Waals surface area (Å²) in [6.07, 6.45) is 17.9. The van der Waals surface area contributed by atoms with Crippen LogP contribution < -0.4 is 0 Å². The second kappa shape index (κ2) is 15.6. The number of carboxylic acids is 1. The van der Waals surface area contributed by atoms with Gasteiger partial charge in [0.15, 0.2) is 0 Å². The predicted molar refractivity (Wildman–Crippen MR) is 88.5 cm³/mol. The number of hydrogen-bond donors (Lipinski definition) is 2. The molecule has 21 heavy (non-hydrogen) atoms. The molecule has 0 aromatic rings. The van der Waals surface area contributed by atoms with E-state index in [4.69, 9.17) is 5.11 Å². The van der Waals surface area contributed by atoms with Crippen molar-refractivity contribution in [2.75, 3.05) is 0 Å². The summed E-state index contributed by atoms with van der Waals surface area (Å²) >= 11 is 0. The summed E-state index contributed by atoms with van der Waals surface area (Å²) in [5, 5.41) is 17.9. The quantitative estimate of drug-likeness (QED) is 0.327. The lowest BCUT2D eigenvalue weighted by atomic mass is 10.1. The zero-order valence-corrected chi connectivity index (χ0v) is 13.7. The van der Waals surface area contributed by atoms with Crippen LogP contribution in [0.4, 0.5) is 0 Å². The molecular formula is C18H34O3. The van der Waals surface area contributed by atoms with Crippen molar-refractivity contribution in [3.05, 3.63) is 12.2 Å². The standard InChI is InChI=1S/C18H34O3/c1-2-3-4-5-6-7-8-9-10-11-12-13-14-15-17(19)16-18(20)21/h11-12,17,19H,2-10,13-16H2,1H3,(H,20,21)/b12-11+. The summed E-state index contributed by atoms with van der Waals surface area (Å²) in [4.78, 5) is 10.4. The van der Waals surface area contributed by atoms with Crippen molar-refractivity contribution in [3.63, 3.8) is 0 Å². The Morgan fingerprint density at radius 2 is 1.43 bits per heavy atom. The molecule has 0 saturated carbocycles. The fourth-order valence-corrected chi connectivity index (χ4v) is 2.41. The van der Waals surface area contributed by atoms with Crippen LogP contribution in [0.15, 0.2) is 12.2 Å². The van der Waals surface area contributed by atoms with Crippen molar-refractivity contribution in [3.8, 4) is 0 Å². The molecule has 0 heterocycles. The van der Waals surface area contributed by atoms with Gasteiger partial charge in [0.1, 0.15) is 0 Å². The van der Waals surface area contributed by atoms with Gasteiger partial charge >= 0.3 is 5.97 Å². The third-order valence-electron chi connectivity index (χ3n) is 3.71. The lowest BCUT2D eigenvalue weighted by molar-refractivity contribution is -0.139. The van der Waals surface area contributed by atoms with Crippen molar-refractivity contribution in [1.29, 1.82) is 0 Å². The van der Waals surface area contributed by atoms with E-state index >= 15 is 0 Å². The Kier molecular flexibility index (Phi) is 14.9. The highest BCUT2D eigenvalue weighted by molar-refractivity contribution is 5.67. The van der Waals surface area contributed by atoms with Gasteiger partial charge in [-0.2, -0.15) is 0 Å². The molecule has 0 aliphatic rings. The highest BCUT2D eigenvalue weighted by Crippen LogP contribution is 2.10. The molecule has 0 aliphatic carbocycles. The lowest BCUT2D eigenvalue weighted by Crippen LogP contribution is -2.12. The van der Waals surface area contributed by atoms with Crippen LogP contribution in [-0.2, 0) is 4.79 Å². The predicted octanol–water partition coefficient (Wildman–Crippen LogP) is 5.08. The fraction of sp³-hybridized carbons (Fsp3) is 0.833. The molecule has 1 unspecified atom stereocenters. The number of unbranched alkanes of at least 4 members (excludes halogenated alkanes) is 9. The van der Waals surface area contributed by atoms with Gasteiger partial charge in [-0.3, -0.25) is 4.79 Å². The van der Waals surface area contributed by atoms with Gasteiger partial charge in [0.25, 0.3) is 0 Å². The number of carbonyl (C=O) groups is 1. The third-order valence-corrected chi connectivity index (χ3v) is 3.71. The van der Waals surface area contributed by atoms with Crippen molar-refractivity contribution in [2.45, 2.75) is 96.5 Å². The van der Waals surface area contributed by atoms with Crippen LogP contribution in [0.25, 0.3) is 0 Å². The Hall–Kier alpha value is -0.830. The van der Waals surface area contributed by atoms with E-state index in [2.05, 4.69) is 19.1 Å². The SMILES string of the molecule is CCCCCCCCCC/C=C/CCCC(O)CC(=O)O. The largest absolute Gasteiger partial charge is 0.481 e. The molecule has 1 atom stereocenters. The molecule has 2 N–H and O–H groups in total. The van der Waals surface area contributed by atoms with Gasteiger partial charge in [0, 0.05) is 0 Å². The Bertz CT molecular complexity index is 261. The minimum absolute atomic E-state index is 0.137. The average molecular weight is 298 g/mol. The van der Waals surface area contributed by atoms with Gasteiger partial charge in [-0.05, 0) is 32.1 Å². The van der Waals surface area contributed by atoms with Crippen LogP contribution in [0, 0.1) is 0 Å². The molecule has 3 nitrogen and oxygen atoms in total. The van der Waals surface area contributed by atoms with Crippen LogP contribution in [0.3, 0.4) is 0 Å². The maximum atomic E-state index is 10.4. The highest BCUT2D eigenvalue weighted by atomic mass is 16.4. The molecule has 0 amide bonds. The first kappa shape index (κ1) is 20.2. The Morgan fingerprint density at radius 3 is 2.00 bits per heavy atom. The number of rotatable bonds is 15. The molecule has 0 fully saturated rings. The number of hydrogen-bond acceptors (Lipinski definition) is 2. The van der Waals surface area contributed by atoms with E-state index in [0.29, 0.717) is 6.42 Å². The molecule has 0 aliphatic heterocycles. The average Bonchev–Trinajstić information content (AvgIpc) is 2.43. The van der Waals surface area contributed by atoms with Crippen molar-refractivity contribution >= 4 is 5.97 Å². The van der Waals surface area contributed by atoms with Crippen LogP contribution in [0.1, 0.15) is 90.4 Å². The molecule has 0 aromatic heterocycles. The van der Waals surface area contributed by atoms with E-state index in [-0.39, 0.29) is 6.42 Å². The van der Waals surface area contributed by atoms with Crippen molar-refractivity contribution in [1.82, 2.24) is 0 Å². The van der Waals surface area contributed by atoms with E-state index in [9.17, 15) is 9.90 Å². The first-order valence-electron chi connectivity index (χ1n) is 8.71. The zero-order valence-electron chi connectivity index (χ0n) is 13.7. The van der Waals surface area contributed by atoms with Gasteiger partial charge < -0.3 is 10.2 Å². The van der Waals surface area contributed by atoms with E-state index in [0.717, 1.165) is 19.3 Å². The van der Waals surface area contributed by atoms with E-state index < -0.39 is 12.1 Å². The summed E-state index contributed by atoms with van der Waals surface area (Å²) in [5.41, 5.74) is 0. The molecular weight excluding hydrogens is 264 g/mol. The molecule has 0 rings (SSSR count). The van der Waals surface area contributed by atoms with Crippen LogP contribution >= 0.6 is 0 Å². The zero-order chi connectivity index (χ0) is 15.8. The summed E-state index contributed by atoms with van der Waals surface area (Å²) in [7, 11) is 0. The molecule has 0 saturated heterocycles. The minimum Gasteiger partial charge on any atom is -0.481 e. The first-order chi connectivity index (χ1) is 10.2. The maximum Gasteiger partial charge on any atom is 0.305 e. The Morgan fingerprint density at radius 1 is 0.905 bits per heavy atom. The molecule has 0 radical (unpaired) electrons. The number of carboxylic acid groups (broad SMARTS) is 1. The number of aliphatic hydroxyl groups is 1. The summed E-state index contributed by atoms with van der Waals surface area (Å²) < 4.78 is 0. The van der Waals surface area contributed by atoms with Crippen LogP contribution in [0.5, 0.6) is 0 Å². The third kappa shape index (κ3) is 17.1. The highest BCUT2D eigenvalue weighted by Gasteiger charge is 2.07. The van der Waals surface area contributed by atoms with Gasteiger partial charge in [-0.1, -0.05) is 64.0 Å². The lowest BCUT2D eigenvalue weighted by Gasteiger charge is -2.05. The number of allylic oxidation sites excluding steroid dienone is 2. The van der Waals surface area contributed by atoms with Crippen LogP contribution in [-0.4, -0.2) is 22.3 Å². The number of aliphatic carboxylic acids is 1. The fourth-order valence-electron chi connectivity index (χ4n) is 2.41. The topological polar surface area (TPSA) is 57.5 Å². The van der Waals surface area contributed by atoms with Crippen molar-refractivity contribution < 1.29 is 15.0 Å². The van der Waals surface area contributed by atoms with Gasteiger partial charge in [0.05, 0.1) is 12.5 Å². The van der Waals surface area contributed by atoms with Gasteiger partial charge in [0.2, 0.25) is 0 Å². The molecule has 0 bridgehead atoms. The van der Waals surface area contributed by atoms with Gasteiger partial charge in [-0.15, -0.1) is 0 Å². The smallest absolute Gasteiger partial charge is 0.305 e. The second-order valence-electron chi connectivity index (χ2n) is 5.92. The minimum atomic E-state index is -0.923. The van der Waals surface area contributed by atoms with Gasteiger partial charge in [-0.25, -0.2) is 0 Å². The van der Waals surface area contributed by atoms with Crippen molar-refractivity contribution in [2.24, 2.45) is 0 Å². The second-order valence-corrected chi connectivity index (χ2v) is 5.92. The van der Waals surface area contributed by atoms with E-state index in [1.54, 1.807) is 0 Å². The summed E-state index contributed by atoms with van der Waals surface area (Å²) in [5.74, 6) is -0.923. The molecule has 124 valence electrons. The Balaban J connectivity index is 3.20. The van der Waals surface area contributed by atoms with E-state index in [1.807, 2.05) is 0 Å². The first-order valence-corrected chi connectivity index (χ1v) is 8.71. The maximum absolute atomic E-state index is 10.4. The summed E-state index contributed by atoms with van der Waals surface area (Å²) in [6.45, 7) is 2.25. The number of aliphatic hydroxyl groups excluding tert-OH is 1. The normalized spacial score (nSPS) is 12.9. The van der Waals surface area contributed by atoms with Crippen LogP contribution in [0.2, 0.25) is 0 Å². The molecule has 0 aromatic carbocycles. The monoisotopic (exact) mass is 298 g/mol. The molecule has 3 heteroatoms. The molecule has 0 spiro atoms. The Labute approximate surface area is 130 Å². The summed E-state index contributed by atoms with van der Waals surface area (Å²) in [6, 6.07) is 0. The van der Waals surface area contributed by atoms with E-state index in [1.165, 1.54) is 51.4 Å².